The normalized spacial score (nSPS) is 11.1. The summed E-state index contributed by atoms with van der Waals surface area (Å²) in [5, 5.41) is 2.22. The van der Waals surface area contributed by atoms with Crippen LogP contribution in [0, 0.1) is 5.82 Å². The molecule has 6 heteroatoms. The van der Waals surface area contributed by atoms with Gasteiger partial charge in [0.15, 0.2) is 11.0 Å². The molecule has 0 aromatic carbocycles. The van der Waals surface area contributed by atoms with Gasteiger partial charge in [0, 0.05) is 18.3 Å². The molecule has 1 aromatic rings. The number of carbonyl (C=O) groups excluding carboxylic acids is 1. The van der Waals surface area contributed by atoms with Gasteiger partial charge in [-0.05, 0) is 26.8 Å². The van der Waals surface area contributed by atoms with Crippen LogP contribution in [0.5, 0.6) is 0 Å². The third-order valence-corrected chi connectivity index (χ3v) is 2.01. The van der Waals surface area contributed by atoms with E-state index in [9.17, 15) is 9.18 Å². The summed E-state index contributed by atoms with van der Waals surface area (Å²) in [6, 6.07) is 1.44. The van der Waals surface area contributed by atoms with E-state index < -0.39 is 17.5 Å². The Hall–Kier alpha value is -1.36. The average molecular weight is 261 g/mol. The Morgan fingerprint density at radius 2 is 2.24 bits per heavy atom. The predicted molar refractivity (Wildman–Crippen MR) is 62.3 cm³/mol. The van der Waals surface area contributed by atoms with E-state index in [4.69, 9.17) is 16.3 Å². The molecule has 0 aliphatic heterocycles. The summed E-state index contributed by atoms with van der Waals surface area (Å²) in [6.45, 7) is 5.24. The smallest absolute Gasteiger partial charge is 0.407 e. The average Bonchev–Trinajstić information content (AvgIpc) is 2.18. The van der Waals surface area contributed by atoms with Gasteiger partial charge in [0.05, 0.1) is 0 Å². The van der Waals surface area contributed by atoms with Gasteiger partial charge >= 0.3 is 6.09 Å². The first-order valence-electron chi connectivity index (χ1n) is 5.05. The zero-order valence-electron chi connectivity index (χ0n) is 9.88. The van der Waals surface area contributed by atoms with Crippen LogP contribution in [0.15, 0.2) is 12.3 Å². The summed E-state index contributed by atoms with van der Waals surface area (Å²) < 4.78 is 18.4. The maximum atomic E-state index is 13.4. The lowest BCUT2D eigenvalue weighted by Gasteiger charge is -2.19. The fourth-order valence-corrected chi connectivity index (χ4v) is 1.25. The Morgan fingerprint density at radius 1 is 1.59 bits per heavy atom. The molecule has 1 N–H and O–H groups in total. The van der Waals surface area contributed by atoms with Gasteiger partial charge in [-0.2, -0.15) is 0 Å². The Kier molecular flexibility index (Phi) is 4.28. The molecule has 4 nitrogen and oxygen atoms in total. The topological polar surface area (TPSA) is 51.2 Å². The van der Waals surface area contributed by atoms with Crippen LogP contribution in [-0.2, 0) is 11.3 Å². The first kappa shape index (κ1) is 13.7. The van der Waals surface area contributed by atoms with E-state index in [-0.39, 0.29) is 17.3 Å². The van der Waals surface area contributed by atoms with Gasteiger partial charge in [0.25, 0.3) is 0 Å². The van der Waals surface area contributed by atoms with Gasteiger partial charge in [-0.15, -0.1) is 0 Å². The standard InChI is InChI=1S/C11H14ClFN2O2/c1-11(2,3)17-10(16)15-6-7-4-5-14-9(12)8(7)13/h4-5H,6H2,1-3H3,(H,15,16). The number of carbonyl (C=O) groups is 1. The summed E-state index contributed by atoms with van der Waals surface area (Å²) >= 11 is 5.51. The second-order valence-corrected chi connectivity index (χ2v) is 4.79. The molecule has 0 fully saturated rings. The number of alkyl carbamates (subject to hydrolysis) is 1. The first-order valence-corrected chi connectivity index (χ1v) is 5.43. The summed E-state index contributed by atoms with van der Waals surface area (Å²) in [4.78, 5) is 14.9. The van der Waals surface area contributed by atoms with Gasteiger partial charge in [-0.25, -0.2) is 14.2 Å². The fraction of sp³-hybridized carbons (Fsp3) is 0.455. The molecule has 0 saturated heterocycles. The van der Waals surface area contributed by atoms with E-state index in [1.807, 2.05) is 0 Å². The molecule has 17 heavy (non-hydrogen) atoms. The second-order valence-electron chi connectivity index (χ2n) is 4.43. The second kappa shape index (κ2) is 5.31. The molecule has 0 atom stereocenters. The number of hydrogen-bond donors (Lipinski definition) is 1. The highest BCUT2D eigenvalue weighted by Gasteiger charge is 2.16. The minimum Gasteiger partial charge on any atom is -0.444 e. The zero-order chi connectivity index (χ0) is 13.1. The Balaban J connectivity index is 2.56. The number of aromatic nitrogens is 1. The number of amides is 1. The minimum atomic E-state index is -0.634. The molecule has 0 saturated carbocycles. The van der Waals surface area contributed by atoms with Crippen molar-refractivity contribution in [1.82, 2.24) is 10.3 Å². The molecular formula is C11H14ClFN2O2. The monoisotopic (exact) mass is 260 g/mol. The van der Waals surface area contributed by atoms with Gasteiger partial charge in [0.2, 0.25) is 0 Å². The lowest BCUT2D eigenvalue weighted by molar-refractivity contribution is 0.0523. The highest BCUT2D eigenvalue weighted by atomic mass is 35.5. The SMILES string of the molecule is CC(C)(C)OC(=O)NCc1ccnc(Cl)c1F. The zero-order valence-corrected chi connectivity index (χ0v) is 10.6. The van der Waals surface area contributed by atoms with E-state index in [1.165, 1.54) is 12.3 Å². The molecule has 0 spiro atoms. The quantitative estimate of drug-likeness (QED) is 0.832. The number of halogens is 2. The predicted octanol–water partition coefficient (Wildman–Crippen LogP) is 2.90. The molecule has 0 aliphatic rings. The largest absolute Gasteiger partial charge is 0.444 e. The molecular weight excluding hydrogens is 247 g/mol. The molecule has 1 amide bonds. The highest BCUT2D eigenvalue weighted by Crippen LogP contribution is 2.14. The van der Waals surface area contributed by atoms with Crippen molar-refractivity contribution >= 4 is 17.7 Å². The van der Waals surface area contributed by atoms with E-state index in [2.05, 4.69) is 10.3 Å². The molecule has 0 aliphatic carbocycles. The highest BCUT2D eigenvalue weighted by molar-refractivity contribution is 6.29. The van der Waals surface area contributed by atoms with Crippen molar-refractivity contribution in [2.45, 2.75) is 32.9 Å². The first-order chi connectivity index (χ1) is 7.79. The molecule has 1 rings (SSSR count). The molecule has 0 unspecified atom stereocenters. The lowest BCUT2D eigenvalue weighted by atomic mass is 10.2. The van der Waals surface area contributed by atoms with E-state index in [1.54, 1.807) is 20.8 Å². The van der Waals surface area contributed by atoms with Gasteiger partial charge in [-0.3, -0.25) is 0 Å². The van der Waals surface area contributed by atoms with Crippen molar-refractivity contribution in [1.29, 1.82) is 0 Å². The van der Waals surface area contributed by atoms with Crippen molar-refractivity contribution in [2.75, 3.05) is 0 Å². The fourth-order valence-electron chi connectivity index (χ4n) is 1.07. The van der Waals surface area contributed by atoms with Crippen molar-refractivity contribution in [2.24, 2.45) is 0 Å². The minimum absolute atomic E-state index is 0.00296. The number of nitrogens with one attached hydrogen (secondary N) is 1. The van der Waals surface area contributed by atoms with Crippen LogP contribution in [0.3, 0.4) is 0 Å². The van der Waals surface area contributed by atoms with Gasteiger partial charge < -0.3 is 10.1 Å². The maximum absolute atomic E-state index is 13.4. The third-order valence-electron chi connectivity index (χ3n) is 1.75. The van der Waals surface area contributed by atoms with Crippen LogP contribution >= 0.6 is 11.6 Å². The molecule has 94 valence electrons. The number of hydrogen-bond acceptors (Lipinski definition) is 3. The molecule has 0 bridgehead atoms. The number of pyridine rings is 1. The van der Waals surface area contributed by atoms with E-state index >= 15 is 0 Å². The van der Waals surface area contributed by atoms with Crippen molar-refractivity contribution < 1.29 is 13.9 Å². The number of ether oxygens (including phenoxy) is 1. The van der Waals surface area contributed by atoms with Crippen LogP contribution in [0.1, 0.15) is 26.3 Å². The van der Waals surface area contributed by atoms with Gasteiger partial charge in [-0.1, -0.05) is 11.6 Å². The van der Waals surface area contributed by atoms with Crippen molar-refractivity contribution in [3.63, 3.8) is 0 Å². The Morgan fingerprint density at radius 3 is 2.82 bits per heavy atom. The summed E-state index contributed by atoms with van der Waals surface area (Å²) in [5.74, 6) is -0.634. The third kappa shape index (κ3) is 4.56. The maximum Gasteiger partial charge on any atom is 0.407 e. The van der Waals surface area contributed by atoms with Crippen LogP contribution < -0.4 is 5.32 Å². The number of nitrogens with zero attached hydrogens (tertiary/aromatic N) is 1. The Labute approximate surface area is 104 Å². The summed E-state index contributed by atoms with van der Waals surface area (Å²) in [5.41, 5.74) is -0.325. The molecule has 1 aromatic heterocycles. The van der Waals surface area contributed by atoms with E-state index in [0.29, 0.717) is 0 Å². The number of rotatable bonds is 2. The van der Waals surface area contributed by atoms with Crippen LogP contribution in [0.4, 0.5) is 9.18 Å². The van der Waals surface area contributed by atoms with Crippen LogP contribution in [-0.4, -0.2) is 16.7 Å². The van der Waals surface area contributed by atoms with Crippen molar-refractivity contribution in [3.8, 4) is 0 Å². The molecule has 0 radical (unpaired) electrons. The summed E-state index contributed by atoms with van der Waals surface area (Å²) in [7, 11) is 0. The van der Waals surface area contributed by atoms with Crippen molar-refractivity contribution in [3.05, 3.63) is 28.8 Å². The summed E-state index contributed by atoms with van der Waals surface area (Å²) in [6.07, 6.45) is 0.766. The van der Waals surface area contributed by atoms with Gasteiger partial charge in [0.1, 0.15) is 5.60 Å². The van der Waals surface area contributed by atoms with Crippen LogP contribution in [0.25, 0.3) is 0 Å². The van der Waals surface area contributed by atoms with Crippen LogP contribution in [0.2, 0.25) is 5.15 Å². The van der Waals surface area contributed by atoms with E-state index in [0.717, 1.165) is 0 Å². The molecule has 1 heterocycles. The Bertz CT molecular complexity index is 418. The lowest BCUT2D eigenvalue weighted by Crippen LogP contribution is -2.32.